The van der Waals surface area contributed by atoms with Crippen LogP contribution >= 0.6 is 19.7 Å². The van der Waals surface area contributed by atoms with Crippen molar-refractivity contribution in [2.75, 3.05) is 25.4 Å². The number of ether oxygens (including phenoxy) is 1. The fourth-order valence-corrected chi connectivity index (χ4v) is 6.14. The van der Waals surface area contributed by atoms with E-state index < -0.39 is 19.3 Å². The van der Waals surface area contributed by atoms with Crippen LogP contribution in [0.4, 0.5) is 5.69 Å². The van der Waals surface area contributed by atoms with E-state index in [2.05, 4.69) is 5.32 Å². The Balaban J connectivity index is 2.19. The van der Waals surface area contributed by atoms with Crippen LogP contribution in [0.25, 0.3) is 0 Å². The van der Waals surface area contributed by atoms with Crippen molar-refractivity contribution in [2.45, 2.75) is 6.54 Å². The van der Waals surface area contributed by atoms with E-state index in [0.29, 0.717) is 11.3 Å². The van der Waals surface area contributed by atoms with Gasteiger partial charge < -0.3 is 10.1 Å². The Hall–Kier alpha value is -2.70. The minimum absolute atomic E-state index is 0.00446. The molecule has 0 saturated carbocycles. The Morgan fingerprint density at radius 2 is 1.75 bits per heavy atom. The van der Waals surface area contributed by atoms with Gasteiger partial charge in [0, 0.05) is 7.05 Å². The summed E-state index contributed by atoms with van der Waals surface area (Å²) in [6, 6.07) is 16.0. The number of benzene rings is 2. The molecule has 0 saturated heterocycles. The quantitative estimate of drug-likeness (QED) is 0.455. The fourth-order valence-electron chi connectivity index (χ4n) is 3.07. The number of fused-ring (bicyclic) bond motifs is 1. The van der Waals surface area contributed by atoms with Crippen LogP contribution in [0.15, 0.2) is 54.6 Å². The third-order valence-corrected chi connectivity index (χ3v) is 8.12. The second-order valence-electron chi connectivity index (χ2n) is 6.10. The summed E-state index contributed by atoms with van der Waals surface area (Å²) < 4.78 is 21.7. The van der Waals surface area contributed by atoms with Crippen LogP contribution in [-0.4, -0.2) is 42.0 Å². The number of amides is 1. The fraction of sp³-hybridized carbons (Fsp3) is 0.211. The summed E-state index contributed by atoms with van der Waals surface area (Å²) in [5.74, 6) is -0.982. The summed E-state index contributed by atoms with van der Waals surface area (Å²) in [6.07, 6.45) is 0. The molecule has 0 fully saturated rings. The molecule has 1 aliphatic heterocycles. The van der Waals surface area contributed by atoms with Gasteiger partial charge in [-0.3, -0.25) is 23.5 Å². The number of hydrogen-bond donors (Lipinski definition) is 1. The van der Waals surface area contributed by atoms with Crippen molar-refractivity contribution in [3.63, 3.8) is 0 Å². The van der Waals surface area contributed by atoms with Crippen molar-refractivity contribution in [1.29, 1.82) is 0 Å². The average molecular weight is 417 g/mol. The molecule has 2 aromatic rings. The van der Waals surface area contributed by atoms with Crippen LogP contribution in [-0.2, 0) is 20.6 Å². The molecule has 1 atom stereocenters. The summed E-state index contributed by atoms with van der Waals surface area (Å²) in [4.78, 5) is 25.4. The molecule has 0 aromatic heterocycles. The number of methoxy groups -OCH3 is 1. The molecule has 1 N–H and O–H groups in total. The number of esters is 1. The Morgan fingerprint density at radius 3 is 2.39 bits per heavy atom. The summed E-state index contributed by atoms with van der Waals surface area (Å²) in [5.41, 5.74) is 1.54. The first-order valence-corrected chi connectivity index (χ1v) is 10.6. The van der Waals surface area contributed by atoms with Crippen LogP contribution < -0.4 is 9.99 Å². The molecule has 1 aliphatic rings. The predicted molar refractivity (Wildman–Crippen MR) is 111 cm³/mol. The van der Waals surface area contributed by atoms with Crippen LogP contribution in [0, 0.1) is 0 Å². The Kier molecular flexibility index (Phi) is 5.82. The number of nitrogens with one attached hydrogen (secondary N) is 1. The molecule has 0 spiro atoms. The Bertz CT molecular complexity index is 967. The standard InChI is InChI=1S/C19H20N3O4PS/c1-20-19(28)27(25)21(13-17(23)26-2)16-11-7-6-10-15(16)18(24)22(27)12-14-8-4-3-5-9-14/h3-11H,12-13H2,1-2H3,(H,20,28)/t27-/m0/s1. The van der Waals surface area contributed by atoms with Gasteiger partial charge in [-0.15, -0.1) is 0 Å². The number of thiocarbonyl (C=S) groups is 1. The van der Waals surface area contributed by atoms with Crippen molar-refractivity contribution in [3.05, 3.63) is 65.7 Å². The number of rotatable bonds is 5. The lowest BCUT2D eigenvalue weighted by molar-refractivity contribution is -0.138. The van der Waals surface area contributed by atoms with Crippen LogP contribution in [0.1, 0.15) is 15.9 Å². The molecule has 0 aliphatic carbocycles. The summed E-state index contributed by atoms with van der Waals surface area (Å²) >= 11 is 5.37. The molecule has 28 heavy (non-hydrogen) atoms. The number of anilines is 1. The van der Waals surface area contributed by atoms with Gasteiger partial charge in [0.05, 0.1) is 24.9 Å². The predicted octanol–water partition coefficient (Wildman–Crippen LogP) is 3.02. The zero-order valence-electron chi connectivity index (χ0n) is 15.5. The van der Waals surface area contributed by atoms with E-state index in [0.717, 1.165) is 5.56 Å². The largest absolute Gasteiger partial charge is 0.468 e. The molecule has 3 rings (SSSR count). The van der Waals surface area contributed by atoms with E-state index in [1.54, 1.807) is 31.3 Å². The second-order valence-corrected chi connectivity index (χ2v) is 9.31. The number of carbonyl (C=O) groups is 2. The molecule has 0 unspecified atom stereocenters. The van der Waals surface area contributed by atoms with Gasteiger partial charge in [0.25, 0.3) is 5.91 Å². The average Bonchev–Trinajstić information content (AvgIpc) is 2.74. The molecule has 1 heterocycles. The van der Waals surface area contributed by atoms with Gasteiger partial charge in [-0.05, 0) is 17.7 Å². The lowest BCUT2D eigenvalue weighted by atomic mass is 10.1. The van der Waals surface area contributed by atoms with Gasteiger partial charge in [-0.1, -0.05) is 54.7 Å². The van der Waals surface area contributed by atoms with Gasteiger partial charge >= 0.3 is 13.4 Å². The maximum atomic E-state index is 14.3. The van der Waals surface area contributed by atoms with Crippen molar-refractivity contribution < 1.29 is 18.9 Å². The lowest BCUT2D eigenvalue weighted by Crippen LogP contribution is -2.47. The smallest absolute Gasteiger partial charge is 0.325 e. The van der Waals surface area contributed by atoms with E-state index in [1.165, 1.54) is 16.5 Å². The first-order valence-electron chi connectivity index (χ1n) is 8.56. The third kappa shape index (κ3) is 3.41. The van der Waals surface area contributed by atoms with Crippen LogP contribution in [0.3, 0.4) is 0 Å². The van der Waals surface area contributed by atoms with Gasteiger partial charge in [0.1, 0.15) is 6.54 Å². The zero-order valence-corrected chi connectivity index (χ0v) is 17.2. The highest BCUT2D eigenvalue weighted by Crippen LogP contribution is 2.60. The van der Waals surface area contributed by atoms with Gasteiger partial charge in [-0.25, -0.2) is 0 Å². The van der Waals surface area contributed by atoms with E-state index in [1.807, 2.05) is 30.3 Å². The maximum absolute atomic E-state index is 14.3. The van der Waals surface area contributed by atoms with Crippen LogP contribution in [0.5, 0.6) is 0 Å². The van der Waals surface area contributed by atoms with Crippen molar-refractivity contribution >= 4 is 42.0 Å². The van der Waals surface area contributed by atoms with Gasteiger partial charge in [0.2, 0.25) is 0 Å². The topological polar surface area (TPSA) is 79.0 Å². The SMILES string of the molecule is CNC(=S)[P@@]1(=O)N(Cc2ccccc2)C(=O)c2ccccc2N1CC(=O)OC. The third-order valence-electron chi connectivity index (χ3n) is 4.46. The molecule has 0 radical (unpaired) electrons. The molecule has 1 amide bonds. The van der Waals surface area contributed by atoms with E-state index in [-0.39, 0.29) is 17.8 Å². The molecule has 0 bridgehead atoms. The monoisotopic (exact) mass is 417 g/mol. The molecule has 9 heteroatoms. The summed E-state index contributed by atoms with van der Waals surface area (Å²) in [6.45, 7) is -0.212. The number of carbonyl (C=O) groups excluding carboxylic acids is 2. The number of hydrogen-bond acceptors (Lipinski definition) is 5. The van der Waals surface area contributed by atoms with Gasteiger partial charge in [0.15, 0.2) is 4.73 Å². The normalized spacial score (nSPS) is 18.4. The number of nitrogens with zero attached hydrogens (tertiary/aromatic N) is 2. The molecular weight excluding hydrogens is 397 g/mol. The second kappa shape index (κ2) is 8.12. The van der Waals surface area contributed by atoms with Crippen LogP contribution in [0.2, 0.25) is 0 Å². The van der Waals surface area contributed by atoms with Gasteiger partial charge in [-0.2, -0.15) is 0 Å². The minimum atomic E-state index is -3.81. The van der Waals surface area contributed by atoms with Crippen molar-refractivity contribution in [2.24, 2.45) is 0 Å². The number of para-hydroxylation sites is 1. The molecular formula is C19H20N3O4PS. The first kappa shape index (κ1) is 20.0. The van der Waals surface area contributed by atoms with Crippen molar-refractivity contribution in [1.82, 2.24) is 9.99 Å². The minimum Gasteiger partial charge on any atom is -0.468 e. The highest BCUT2D eigenvalue weighted by atomic mass is 32.1. The summed E-state index contributed by atoms with van der Waals surface area (Å²) in [5, 5.41) is 2.74. The lowest BCUT2D eigenvalue weighted by Gasteiger charge is -2.44. The Morgan fingerprint density at radius 1 is 1.11 bits per heavy atom. The highest BCUT2D eigenvalue weighted by molar-refractivity contribution is 8.01. The van der Waals surface area contributed by atoms with Crippen molar-refractivity contribution in [3.8, 4) is 0 Å². The maximum Gasteiger partial charge on any atom is 0.325 e. The Labute approximate surface area is 168 Å². The van der Waals surface area contributed by atoms with E-state index in [4.69, 9.17) is 17.0 Å². The first-order chi connectivity index (χ1) is 13.4. The van der Waals surface area contributed by atoms with E-state index in [9.17, 15) is 14.2 Å². The molecule has 2 aromatic carbocycles. The highest BCUT2D eigenvalue weighted by Gasteiger charge is 2.50. The molecule has 7 nitrogen and oxygen atoms in total. The zero-order chi connectivity index (χ0) is 20.3. The van der Waals surface area contributed by atoms with E-state index >= 15 is 0 Å². The summed E-state index contributed by atoms with van der Waals surface area (Å²) in [7, 11) is -1.01. The molecule has 146 valence electrons.